The van der Waals surface area contributed by atoms with Gasteiger partial charge in [-0.3, -0.25) is 0 Å². The van der Waals surface area contributed by atoms with Gasteiger partial charge in [-0.1, -0.05) is 34.6 Å². The van der Waals surface area contributed by atoms with E-state index in [4.69, 9.17) is 0 Å². The highest BCUT2D eigenvalue weighted by Crippen LogP contribution is 2.03. The van der Waals surface area contributed by atoms with Gasteiger partial charge < -0.3 is 5.32 Å². The van der Waals surface area contributed by atoms with Crippen molar-refractivity contribution in [3.8, 4) is 0 Å². The van der Waals surface area contributed by atoms with Gasteiger partial charge in [0.15, 0.2) is 0 Å². The molecule has 0 heterocycles. The van der Waals surface area contributed by atoms with Gasteiger partial charge in [0.1, 0.15) is 5.82 Å². The molecule has 0 amide bonds. The summed E-state index contributed by atoms with van der Waals surface area (Å²) < 4.78 is 13.6. The van der Waals surface area contributed by atoms with Gasteiger partial charge >= 0.3 is 0 Å². The molecule has 0 fully saturated rings. The van der Waals surface area contributed by atoms with Crippen LogP contribution in [0.2, 0.25) is 0 Å². The third-order valence-electron chi connectivity index (χ3n) is 1.53. The molecule has 0 aliphatic carbocycles. The van der Waals surface area contributed by atoms with Crippen molar-refractivity contribution in [2.75, 3.05) is 6.54 Å². The van der Waals surface area contributed by atoms with Gasteiger partial charge in [-0.2, -0.15) is 0 Å². The number of hydrogen-bond acceptors (Lipinski definition) is 1. The van der Waals surface area contributed by atoms with Crippen LogP contribution in [0, 0.1) is 5.82 Å². The molecular formula is C10H11BrFN. The molecule has 70 valence electrons. The minimum atomic E-state index is -0.197. The molecule has 0 radical (unpaired) electrons. The molecule has 0 bridgehead atoms. The minimum Gasteiger partial charge on any atom is -0.308 e. The monoisotopic (exact) mass is 243 g/mol. The Hall–Kier alpha value is -0.670. The fourth-order valence-corrected chi connectivity index (χ4v) is 1.19. The number of nitrogens with one attached hydrogen (secondary N) is 1. The van der Waals surface area contributed by atoms with Crippen molar-refractivity contribution >= 4 is 15.9 Å². The van der Waals surface area contributed by atoms with E-state index in [1.807, 2.05) is 6.07 Å². The van der Waals surface area contributed by atoms with Crippen molar-refractivity contribution in [2.24, 2.45) is 0 Å². The maximum absolute atomic E-state index is 12.7. The number of halogens is 2. The number of hydrogen-bond donors (Lipinski definition) is 1. The fourth-order valence-electron chi connectivity index (χ4n) is 0.989. The molecule has 0 atom stereocenters. The molecule has 1 rings (SSSR count). The van der Waals surface area contributed by atoms with Crippen molar-refractivity contribution in [1.82, 2.24) is 5.32 Å². The first-order valence-electron chi connectivity index (χ1n) is 3.97. The highest BCUT2D eigenvalue weighted by Gasteiger charge is 1.94. The van der Waals surface area contributed by atoms with Crippen LogP contribution in [0.25, 0.3) is 0 Å². The maximum atomic E-state index is 12.7. The van der Waals surface area contributed by atoms with Gasteiger partial charge in [-0.25, -0.2) is 4.39 Å². The van der Waals surface area contributed by atoms with Crippen LogP contribution in [0.4, 0.5) is 4.39 Å². The first-order chi connectivity index (χ1) is 6.18. The predicted octanol–water partition coefficient (Wildman–Crippen LogP) is 2.82. The van der Waals surface area contributed by atoms with Gasteiger partial charge in [0.05, 0.1) is 0 Å². The predicted molar refractivity (Wildman–Crippen MR) is 56.2 cm³/mol. The van der Waals surface area contributed by atoms with Crippen LogP contribution in [0.5, 0.6) is 0 Å². The molecule has 1 aromatic rings. The molecular weight excluding hydrogens is 233 g/mol. The van der Waals surface area contributed by atoms with Gasteiger partial charge in [-0.15, -0.1) is 0 Å². The molecule has 0 saturated heterocycles. The molecule has 1 aromatic carbocycles. The normalized spacial score (nSPS) is 10.0. The Labute approximate surface area is 85.8 Å². The topological polar surface area (TPSA) is 12.0 Å². The lowest BCUT2D eigenvalue weighted by atomic mass is 10.2. The number of rotatable bonds is 4. The molecule has 0 aromatic heterocycles. The Balaban J connectivity index is 2.41. The first-order valence-corrected chi connectivity index (χ1v) is 4.76. The highest BCUT2D eigenvalue weighted by atomic mass is 79.9. The lowest BCUT2D eigenvalue weighted by Gasteiger charge is -2.03. The highest BCUT2D eigenvalue weighted by molar-refractivity contribution is 9.11. The number of benzene rings is 1. The Kier molecular flexibility index (Phi) is 4.12. The second-order valence-electron chi connectivity index (χ2n) is 2.75. The standard InChI is InChI=1S/C10H11BrFN/c1-8(11)6-13-7-9-3-2-4-10(12)5-9/h2-5,13H,1,6-7H2. The summed E-state index contributed by atoms with van der Waals surface area (Å²) in [6.07, 6.45) is 0. The third kappa shape index (κ3) is 4.20. The molecule has 0 saturated carbocycles. The van der Waals surface area contributed by atoms with E-state index < -0.39 is 0 Å². The average Bonchev–Trinajstić information content (AvgIpc) is 2.03. The third-order valence-corrected chi connectivity index (χ3v) is 1.82. The van der Waals surface area contributed by atoms with Crippen LogP contribution < -0.4 is 5.32 Å². The summed E-state index contributed by atoms with van der Waals surface area (Å²) in [5.41, 5.74) is 0.939. The van der Waals surface area contributed by atoms with Crippen molar-refractivity contribution in [3.05, 3.63) is 46.7 Å². The summed E-state index contributed by atoms with van der Waals surface area (Å²) >= 11 is 3.23. The Morgan fingerprint density at radius 3 is 2.92 bits per heavy atom. The van der Waals surface area contributed by atoms with E-state index in [2.05, 4.69) is 27.8 Å². The van der Waals surface area contributed by atoms with E-state index in [1.165, 1.54) is 12.1 Å². The lowest BCUT2D eigenvalue weighted by molar-refractivity contribution is 0.623. The zero-order chi connectivity index (χ0) is 9.68. The first kappa shape index (κ1) is 10.4. The summed E-state index contributed by atoms with van der Waals surface area (Å²) in [6.45, 7) is 5.03. The maximum Gasteiger partial charge on any atom is 0.123 e. The van der Waals surface area contributed by atoms with Gasteiger partial charge in [0, 0.05) is 17.6 Å². The largest absolute Gasteiger partial charge is 0.308 e. The van der Waals surface area contributed by atoms with Crippen LogP contribution in [0.1, 0.15) is 5.56 Å². The summed E-state index contributed by atoms with van der Waals surface area (Å²) in [5.74, 6) is -0.197. The second kappa shape index (κ2) is 5.14. The van der Waals surface area contributed by atoms with E-state index in [-0.39, 0.29) is 5.82 Å². The molecule has 0 unspecified atom stereocenters. The SMILES string of the molecule is C=C(Br)CNCc1cccc(F)c1. The summed E-state index contributed by atoms with van der Waals surface area (Å²) in [4.78, 5) is 0. The van der Waals surface area contributed by atoms with E-state index >= 15 is 0 Å². The Morgan fingerprint density at radius 1 is 1.54 bits per heavy atom. The van der Waals surface area contributed by atoms with Crippen LogP contribution in [0.15, 0.2) is 35.3 Å². The molecule has 0 aliphatic heterocycles. The summed E-state index contributed by atoms with van der Waals surface area (Å²) in [7, 11) is 0. The summed E-state index contributed by atoms with van der Waals surface area (Å²) in [6, 6.07) is 6.54. The van der Waals surface area contributed by atoms with Crippen LogP contribution in [-0.4, -0.2) is 6.54 Å². The average molecular weight is 244 g/mol. The zero-order valence-electron chi connectivity index (χ0n) is 7.19. The summed E-state index contributed by atoms with van der Waals surface area (Å²) in [5, 5.41) is 3.12. The zero-order valence-corrected chi connectivity index (χ0v) is 8.77. The second-order valence-corrected chi connectivity index (χ2v) is 3.87. The molecule has 0 spiro atoms. The van der Waals surface area contributed by atoms with E-state index in [0.717, 1.165) is 10.0 Å². The van der Waals surface area contributed by atoms with Crippen molar-refractivity contribution < 1.29 is 4.39 Å². The molecule has 3 heteroatoms. The van der Waals surface area contributed by atoms with E-state index in [9.17, 15) is 4.39 Å². The Bertz CT molecular complexity index is 299. The fraction of sp³-hybridized carbons (Fsp3) is 0.200. The van der Waals surface area contributed by atoms with Crippen LogP contribution >= 0.6 is 15.9 Å². The van der Waals surface area contributed by atoms with Crippen LogP contribution in [-0.2, 0) is 6.54 Å². The van der Waals surface area contributed by atoms with Crippen molar-refractivity contribution in [1.29, 1.82) is 0 Å². The van der Waals surface area contributed by atoms with Crippen molar-refractivity contribution in [2.45, 2.75) is 6.54 Å². The molecule has 1 N–H and O–H groups in total. The minimum absolute atomic E-state index is 0.197. The molecule has 13 heavy (non-hydrogen) atoms. The van der Waals surface area contributed by atoms with Crippen LogP contribution in [0.3, 0.4) is 0 Å². The van der Waals surface area contributed by atoms with Gasteiger partial charge in [-0.05, 0) is 17.7 Å². The lowest BCUT2D eigenvalue weighted by Crippen LogP contribution is -2.14. The molecule has 0 aliphatic rings. The smallest absolute Gasteiger partial charge is 0.123 e. The molecule has 1 nitrogen and oxygen atoms in total. The van der Waals surface area contributed by atoms with Gasteiger partial charge in [0.2, 0.25) is 0 Å². The quantitative estimate of drug-likeness (QED) is 0.858. The van der Waals surface area contributed by atoms with Gasteiger partial charge in [0.25, 0.3) is 0 Å². The van der Waals surface area contributed by atoms with Crippen molar-refractivity contribution in [3.63, 3.8) is 0 Å². The van der Waals surface area contributed by atoms with E-state index in [0.29, 0.717) is 13.1 Å². The Morgan fingerprint density at radius 2 is 2.31 bits per heavy atom. The van der Waals surface area contributed by atoms with E-state index in [1.54, 1.807) is 6.07 Å².